The Morgan fingerprint density at radius 2 is 1.90 bits per heavy atom. The lowest BCUT2D eigenvalue weighted by Crippen LogP contribution is -2.25. The summed E-state index contributed by atoms with van der Waals surface area (Å²) in [6.45, 7) is 1.80. The molecule has 1 heterocycles. The molecule has 0 aromatic heterocycles. The molecule has 2 aromatic carbocycles. The second kappa shape index (κ2) is 8.31. The fourth-order valence-corrected chi connectivity index (χ4v) is 3.00. The highest BCUT2D eigenvalue weighted by molar-refractivity contribution is 6.35. The van der Waals surface area contributed by atoms with Gasteiger partial charge in [-0.25, -0.2) is 4.79 Å². The number of halogens is 4. The minimum absolute atomic E-state index is 0.0427. The van der Waals surface area contributed by atoms with Crippen LogP contribution >= 0.6 is 11.6 Å². The first kappa shape index (κ1) is 22.2. The summed E-state index contributed by atoms with van der Waals surface area (Å²) >= 11 is 5.91. The molecule has 0 aliphatic carbocycles. The van der Waals surface area contributed by atoms with Crippen LogP contribution in [0, 0.1) is 0 Å². The molecule has 162 valence electrons. The molecular formula is C20H14ClF3N2O5. The highest BCUT2D eigenvalue weighted by atomic mass is 35.5. The number of aromatic hydroxyl groups is 1. The van der Waals surface area contributed by atoms with Gasteiger partial charge in [-0.2, -0.15) is 23.3 Å². The summed E-state index contributed by atoms with van der Waals surface area (Å²) in [7, 11) is 0. The van der Waals surface area contributed by atoms with Crippen LogP contribution < -0.4 is 9.75 Å². The number of alkyl halides is 3. The van der Waals surface area contributed by atoms with Crippen molar-refractivity contribution in [3.63, 3.8) is 0 Å². The maximum atomic E-state index is 13.6. The molecule has 0 atom stereocenters. The van der Waals surface area contributed by atoms with Gasteiger partial charge in [0.1, 0.15) is 0 Å². The Hall–Kier alpha value is -3.53. The number of carbonyl (C=O) groups excluding carboxylic acids is 1. The summed E-state index contributed by atoms with van der Waals surface area (Å²) in [6.07, 6.45) is -4.01. The van der Waals surface area contributed by atoms with Crippen LogP contribution in [-0.2, 0) is 4.79 Å². The van der Waals surface area contributed by atoms with Gasteiger partial charge < -0.3 is 14.9 Å². The number of anilines is 1. The molecule has 0 saturated carbocycles. The van der Waals surface area contributed by atoms with Gasteiger partial charge in [0.25, 0.3) is 5.91 Å². The molecule has 11 heteroatoms. The maximum absolute atomic E-state index is 13.6. The first-order chi connectivity index (χ1) is 14.5. The molecule has 0 unspecified atom stereocenters. The molecule has 1 aliphatic rings. The van der Waals surface area contributed by atoms with Crippen LogP contribution in [0.2, 0.25) is 5.02 Å². The maximum Gasteiger partial charge on any atom is 0.435 e. The van der Waals surface area contributed by atoms with Crippen LogP contribution in [0.15, 0.2) is 47.1 Å². The number of hydrogen-bond donors (Lipinski definition) is 2. The normalized spacial score (nSPS) is 15.4. The molecule has 3 rings (SSSR count). The zero-order chi connectivity index (χ0) is 22.9. The zero-order valence-electron chi connectivity index (χ0n) is 15.8. The number of phenols is 1. The van der Waals surface area contributed by atoms with Gasteiger partial charge >= 0.3 is 12.1 Å². The van der Waals surface area contributed by atoms with E-state index in [-0.39, 0.29) is 39.9 Å². The molecule has 31 heavy (non-hydrogen) atoms. The van der Waals surface area contributed by atoms with Crippen LogP contribution in [0.1, 0.15) is 22.8 Å². The molecule has 1 amide bonds. The molecule has 0 spiro atoms. The van der Waals surface area contributed by atoms with Gasteiger partial charge in [0, 0.05) is 0 Å². The van der Waals surface area contributed by atoms with E-state index in [1.807, 2.05) is 0 Å². The number of nitrogens with zero attached hydrogens (tertiary/aromatic N) is 2. The van der Waals surface area contributed by atoms with Crippen molar-refractivity contribution < 1.29 is 37.7 Å². The standard InChI is InChI=1S/C20H14ClF3N2O5/c1-2-31-15-9-10(8-14(21)16(15)27)7-13-17(20(22,23)24)25-26(18(13)28)12-5-3-11(4-6-12)19(29)30/h3-9,27H,2H2,1H3,(H,29,30)/b13-7-. The predicted molar refractivity (Wildman–Crippen MR) is 107 cm³/mol. The van der Waals surface area contributed by atoms with Gasteiger partial charge in [0.05, 0.1) is 28.5 Å². The molecule has 2 N–H and O–H groups in total. The van der Waals surface area contributed by atoms with Gasteiger partial charge in [0.15, 0.2) is 17.2 Å². The molecule has 7 nitrogen and oxygen atoms in total. The highest BCUT2D eigenvalue weighted by Gasteiger charge is 2.46. The largest absolute Gasteiger partial charge is 0.503 e. The van der Waals surface area contributed by atoms with Gasteiger partial charge in [-0.05, 0) is 55.0 Å². The van der Waals surface area contributed by atoms with Crippen molar-refractivity contribution in [2.24, 2.45) is 5.10 Å². The van der Waals surface area contributed by atoms with Gasteiger partial charge in [-0.1, -0.05) is 11.6 Å². The summed E-state index contributed by atoms with van der Waals surface area (Å²) in [5.74, 6) is -2.74. The number of ether oxygens (including phenoxy) is 1. The number of aromatic carboxylic acids is 1. The zero-order valence-corrected chi connectivity index (χ0v) is 16.5. The van der Waals surface area contributed by atoms with E-state index in [1.165, 1.54) is 24.3 Å². The van der Waals surface area contributed by atoms with Crippen molar-refractivity contribution in [3.8, 4) is 11.5 Å². The molecular weight excluding hydrogens is 441 g/mol. The van der Waals surface area contributed by atoms with Crippen molar-refractivity contribution in [3.05, 3.63) is 58.1 Å². The number of amides is 1. The second-order valence-corrected chi connectivity index (χ2v) is 6.66. The summed E-state index contributed by atoms with van der Waals surface area (Å²) < 4.78 is 45.9. The average molecular weight is 455 g/mol. The van der Waals surface area contributed by atoms with Gasteiger partial charge in [-0.3, -0.25) is 4.79 Å². The van der Waals surface area contributed by atoms with Crippen LogP contribution in [0.4, 0.5) is 18.9 Å². The van der Waals surface area contributed by atoms with E-state index in [9.17, 15) is 27.9 Å². The van der Waals surface area contributed by atoms with Gasteiger partial charge in [0.2, 0.25) is 0 Å². The molecule has 0 fully saturated rings. The number of carboxylic acid groups (broad SMARTS) is 1. The van der Waals surface area contributed by atoms with Crippen molar-refractivity contribution in [2.75, 3.05) is 11.6 Å². The quantitative estimate of drug-likeness (QED) is 0.648. The Kier molecular flexibility index (Phi) is 5.94. The number of phenolic OH excluding ortho intramolecular Hbond substituents is 1. The third-order valence-electron chi connectivity index (χ3n) is 4.17. The minimum atomic E-state index is -4.94. The fraction of sp³-hybridized carbons (Fsp3) is 0.150. The Labute approximate surface area is 178 Å². The lowest BCUT2D eigenvalue weighted by Gasteiger charge is -2.12. The Morgan fingerprint density at radius 3 is 2.45 bits per heavy atom. The molecule has 2 aromatic rings. The SMILES string of the molecule is CCOc1cc(/C=C2\C(=O)N(c3ccc(C(=O)O)cc3)N=C2C(F)(F)F)cc(Cl)c1O. The number of carboxylic acids is 1. The van der Waals surface area contributed by atoms with E-state index in [4.69, 9.17) is 21.4 Å². The summed E-state index contributed by atoms with van der Waals surface area (Å²) in [5.41, 5.74) is -2.25. The van der Waals surface area contributed by atoms with Crippen LogP contribution in [-0.4, -0.2) is 40.6 Å². The highest BCUT2D eigenvalue weighted by Crippen LogP contribution is 2.37. The molecule has 0 radical (unpaired) electrons. The number of rotatable bonds is 5. The average Bonchev–Trinajstić information content (AvgIpc) is 3.02. The lowest BCUT2D eigenvalue weighted by molar-refractivity contribution is -0.114. The smallest absolute Gasteiger partial charge is 0.435 e. The van der Waals surface area contributed by atoms with E-state index in [0.29, 0.717) is 5.01 Å². The van der Waals surface area contributed by atoms with E-state index >= 15 is 0 Å². The van der Waals surface area contributed by atoms with Crippen LogP contribution in [0.25, 0.3) is 6.08 Å². The first-order valence-electron chi connectivity index (χ1n) is 8.74. The summed E-state index contributed by atoms with van der Waals surface area (Å²) in [5, 5.41) is 22.6. The van der Waals surface area contributed by atoms with Crippen molar-refractivity contribution in [2.45, 2.75) is 13.1 Å². The van der Waals surface area contributed by atoms with E-state index < -0.39 is 29.3 Å². The summed E-state index contributed by atoms with van der Waals surface area (Å²) in [4.78, 5) is 23.7. The van der Waals surface area contributed by atoms with Crippen LogP contribution in [0.3, 0.4) is 0 Å². The van der Waals surface area contributed by atoms with E-state index in [0.717, 1.165) is 18.2 Å². The summed E-state index contributed by atoms with van der Waals surface area (Å²) in [6, 6.07) is 7.05. The van der Waals surface area contributed by atoms with E-state index in [2.05, 4.69) is 5.10 Å². The Balaban J connectivity index is 2.07. The second-order valence-electron chi connectivity index (χ2n) is 6.26. The molecule has 1 aliphatic heterocycles. The Bertz CT molecular complexity index is 1110. The molecule has 0 saturated heterocycles. The lowest BCUT2D eigenvalue weighted by atomic mass is 10.1. The van der Waals surface area contributed by atoms with Crippen LogP contribution in [0.5, 0.6) is 11.5 Å². The topological polar surface area (TPSA) is 99.4 Å². The van der Waals surface area contributed by atoms with E-state index in [1.54, 1.807) is 6.92 Å². The predicted octanol–water partition coefficient (Wildman–Crippen LogP) is 4.49. The first-order valence-corrected chi connectivity index (χ1v) is 9.11. The Morgan fingerprint density at radius 1 is 1.26 bits per heavy atom. The van der Waals surface area contributed by atoms with Crippen molar-refractivity contribution in [1.82, 2.24) is 0 Å². The number of hydrogen-bond acceptors (Lipinski definition) is 5. The van der Waals surface area contributed by atoms with Crippen molar-refractivity contribution in [1.29, 1.82) is 0 Å². The third kappa shape index (κ3) is 4.48. The van der Waals surface area contributed by atoms with Crippen molar-refractivity contribution >= 4 is 41.0 Å². The van der Waals surface area contributed by atoms with Gasteiger partial charge in [-0.15, -0.1) is 0 Å². The number of hydrazone groups is 1. The molecule has 0 bridgehead atoms. The monoisotopic (exact) mass is 454 g/mol. The minimum Gasteiger partial charge on any atom is -0.503 e. The fourth-order valence-electron chi connectivity index (χ4n) is 2.78. The number of carbonyl (C=O) groups is 2. The third-order valence-corrected chi connectivity index (χ3v) is 4.45. The number of benzene rings is 2.